The quantitative estimate of drug-likeness (QED) is 0.659. The van der Waals surface area contributed by atoms with Gasteiger partial charge >= 0.3 is 0 Å². The lowest BCUT2D eigenvalue weighted by Gasteiger charge is -2.36. The molecule has 3 rings (SSSR count). The molecule has 1 atom stereocenters. The van der Waals surface area contributed by atoms with Crippen LogP contribution in [0.1, 0.15) is 33.8 Å². The zero-order chi connectivity index (χ0) is 20.8. The fraction of sp³-hybridized carbons (Fsp3) is 0.571. The molecule has 1 aromatic heterocycles. The van der Waals surface area contributed by atoms with E-state index in [1.165, 1.54) is 17.6 Å². The van der Waals surface area contributed by atoms with E-state index in [1.807, 2.05) is 38.1 Å². The molecule has 2 aromatic rings. The second-order valence-electron chi connectivity index (χ2n) is 8.08. The van der Waals surface area contributed by atoms with Gasteiger partial charge in [-0.25, -0.2) is 4.39 Å². The van der Waals surface area contributed by atoms with Crippen LogP contribution in [0.3, 0.4) is 0 Å². The Morgan fingerprint density at radius 1 is 1.31 bits per heavy atom. The van der Waals surface area contributed by atoms with Crippen LogP contribution in [0.15, 0.2) is 24.3 Å². The number of likely N-dealkylation sites (N-methyl/N-ethyl adjacent to an activating group) is 1. The summed E-state index contributed by atoms with van der Waals surface area (Å²) in [5.74, 6) is 0.249. The Kier molecular flexibility index (Phi) is 7.69. The zero-order valence-electron chi connectivity index (χ0n) is 17.5. The van der Waals surface area contributed by atoms with E-state index in [1.54, 1.807) is 6.07 Å². The Morgan fingerprint density at radius 3 is 2.79 bits per heavy atom. The first-order valence-corrected chi connectivity index (χ1v) is 10.9. The SMILES string of the molecule is Cc1nnsc1C(=O)N(CCN(C)C)C[C@H]1CCCN(Cc2ccccc2F)C1. The third kappa shape index (κ3) is 6.04. The Morgan fingerprint density at radius 2 is 2.10 bits per heavy atom. The molecular weight excluding hydrogens is 389 g/mol. The van der Waals surface area contributed by atoms with E-state index in [2.05, 4.69) is 19.4 Å². The number of likely N-dealkylation sites (tertiary alicyclic amines) is 1. The molecular formula is C21H30FN5OS. The van der Waals surface area contributed by atoms with Crippen molar-refractivity contribution in [2.24, 2.45) is 5.92 Å². The lowest BCUT2D eigenvalue weighted by molar-refractivity contribution is 0.0664. The maximum Gasteiger partial charge on any atom is 0.267 e. The van der Waals surface area contributed by atoms with E-state index in [9.17, 15) is 9.18 Å². The van der Waals surface area contributed by atoms with Gasteiger partial charge in [-0.05, 0) is 63.9 Å². The largest absolute Gasteiger partial charge is 0.336 e. The molecule has 8 heteroatoms. The number of carbonyl (C=O) groups excluding carboxylic acids is 1. The highest BCUT2D eigenvalue weighted by Crippen LogP contribution is 2.22. The number of amides is 1. The van der Waals surface area contributed by atoms with Gasteiger partial charge in [-0.3, -0.25) is 9.69 Å². The Hall–Kier alpha value is -1.90. The molecule has 0 unspecified atom stereocenters. The molecule has 29 heavy (non-hydrogen) atoms. The predicted octanol–water partition coefficient (Wildman–Crippen LogP) is 2.90. The summed E-state index contributed by atoms with van der Waals surface area (Å²) in [5, 5.41) is 4.00. The van der Waals surface area contributed by atoms with Crippen molar-refractivity contribution in [3.05, 3.63) is 46.2 Å². The molecule has 158 valence electrons. The third-order valence-corrected chi connectivity index (χ3v) is 6.20. The fourth-order valence-electron chi connectivity index (χ4n) is 3.79. The molecule has 1 aromatic carbocycles. The van der Waals surface area contributed by atoms with Crippen molar-refractivity contribution >= 4 is 17.4 Å². The van der Waals surface area contributed by atoms with Gasteiger partial charge in [0.25, 0.3) is 5.91 Å². The Bertz CT molecular complexity index is 812. The number of hydrogen-bond acceptors (Lipinski definition) is 6. The number of aromatic nitrogens is 2. The van der Waals surface area contributed by atoms with Gasteiger partial charge in [0.15, 0.2) is 0 Å². The third-order valence-electron chi connectivity index (χ3n) is 5.38. The van der Waals surface area contributed by atoms with Crippen LogP contribution >= 0.6 is 11.5 Å². The smallest absolute Gasteiger partial charge is 0.267 e. The summed E-state index contributed by atoms with van der Waals surface area (Å²) in [7, 11) is 4.03. The number of carbonyl (C=O) groups is 1. The molecule has 1 aliphatic rings. The minimum atomic E-state index is -0.148. The summed E-state index contributed by atoms with van der Waals surface area (Å²) in [6.45, 7) is 6.48. The summed E-state index contributed by atoms with van der Waals surface area (Å²) < 4.78 is 18.0. The fourth-order valence-corrected chi connectivity index (χ4v) is 4.42. The van der Waals surface area contributed by atoms with E-state index < -0.39 is 0 Å². The van der Waals surface area contributed by atoms with Crippen LogP contribution in [0.25, 0.3) is 0 Å². The van der Waals surface area contributed by atoms with E-state index in [0.29, 0.717) is 36.1 Å². The average molecular weight is 420 g/mol. The topological polar surface area (TPSA) is 52.6 Å². The summed E-state index contributed by atoms with van der Waals surface area (Å²) in [4.78, 5) is 20.1. The van der Waals surface area contributed by atoms with Gasteiger partial charge in [0.05, 0.1) is 5.69 Å². The molecule has 1 amide bonds. The molecule has 1 aliphatic heterocycles. The van der Waals surface area contributed by atoms with Gasteiger partial charge in [0, 0.05) is 38.3 Å². The van der Waals surface area contributed by atoms with Gasteiger partial charge in [0.1, 0.15) is 10.7 Å². The number of benzene rings is 1. The number of rotatable bonds is 8. The van der Waals surface area contributed by atoms with Crippen molar-refractivity contribution < 1.29 is 9.18 Å². The van der Waals surface area contributed by atoms with Crippen LogP contribution in [0, 0.1) is 18.7 Å². The van der Waals surface area contributed by atoms with Gasteiger partial charge in [-0.15, -0.1) is 5.10 Å². The number of nitrogens with zero attached hydrogens (tertiary/aromatic N) is 5. The first-order chi connectivity index (χ1) is 13.9. The van der Waals surface area contributed by atoms with E-state index in [0.717, 1.165) is 38.0 Å². The Balaban J connectivity index is 1.65. The highest BCUT2D eigenvalue weighted by atomic mass is 32.1. The second-order valence-corrected chi connectivity index (χ2v) is 8.83. The van der Waals surface area contributed by atoms with E-state index in [-0.39, 0.29) is 11.7 Å². The predicted molar refractivity (Wildman–Crippen MR) is 114 cm³/mol. The molecule has 2 heterocycles. The van der Waals surface area contributed by atoms with Gasteiger partial charge in [0.2, 0.25) is 0 Å². The molecule has 0 radical (unpaired) electrons. The lowest BCUT2D eigenvalue weighted by Crippen LogP contribution is -2.44. The van der Waals surface area contributed by atoms with Crippen LogP contribution in [-0.4, -0.2) is 77.0 Å². The normalized spacial score (nSPS) is 17.6. The molecule has 0 spiro atoms. The van der Waals surface area contributed by atoms with E-state index in [4.69, 9.17) is 0 Å². The van der Waals surface area contributed by atoms with Gasteiger partial charge in [-0.1, -0.05) is 22.7 Å². The summed E-state index contributed by atoms with van der Waals surface area (Å²) in [6.07, 6.45) is 2.15. The highest BCUT2D eigenvalue weighted by Gasteiger charge is 2.27. The minimum absolute atomic E-state index is 0.0191. The van der Waals surface area contributed by atoms with Crippen LogP contribution in [-0.2, 0) is 6.54 Å². The molecule has 6 nitrogen and oxygen atoms in total. The molecule has 1 fully saturated rings. The van der Waals surface area contributed by atoms with Gasteiger partial charge < -0.3 is 9.80 Å². The molecule has 1 saturated heterocycles. The van der Waals surface area contributed by atoms with Crippen molar-refractivity contribution in [2.45, 2.75) is 26.3 Å². The van der Waals surface area contributed by atoms with Crippen LogP contribution in [0.2, 0.25) is 0 Å². The monoisotopic (exact) mass is 419 g/mol. The lowest BCUT2D eigenvalue weighted by atomic mass is 9.96. The van der Waals surface area contributed by atoms with Crippen LogP contribution in [0.4, 0.5) is 4.39 Å². The van der Waals surface area contributed by atoms with Crippen molar-refractivity contribution in [1.29, 1.82) is 0 Å². The molecule has 0 aliphatic carbocycles. The number of hydrogen-bond donors (Lipinski definition) is 0. The van der Waals surface area contributed by atoms with Gasteiger partial charge in [-0.2, -0.15) is 0 Å². The second kappa shape index (κ2) is 10.2. The zero-order valence-corrected chi connectivity index (χ0v) is 18.3. The Labute approximate surface area is 176 Å². The summed E-state index contributed by atoms with van der Waals surface area (Å²) >= 11 is 1.17. The average Bonchev–Trinajstić information content (AvgIpc) is 3.12. The van der Waals surface area contributed by atoms with Crippen molar-refractivity contribution in [3.8, 4) is 0 Å². The van der Waals surface area contributed by atoms with Crippen LogP contribution < -0.4 is 0 Å². The summed E-state index contributed by atoms with van der Waals surface area (Å²) in [5.41, 5.74) is 1.43. The van der Waals surface area contributed by atoms with E-state index >= 15 is 0 Å². The van der Waals surface area contributed by atoms with Crippen molar-refractivity contribution in [2.75, 3.05) is 46.8 Å². The number of halogens is 1. The number of aryl methyl sites for hydroxylation is 1. The standard InChI is InChI=1S/C21H30FN5OS/c1-16-20(29-24-23-16)21(28)27(12-11-25(2)3)14-17-7-6-10-26(13-17)15-18-8-4-5-9-19(18)22/h4-5,8-9,17H,6-7,10-15H2,1-3H3/t17-/m0/s1. The highest BCUT2D eigenvalue weighted by molar-refractivity contribution is 7.07. The van der Waals surface area contributed by atoms with Crippen molar-refractivity contribution in [1.82, 2.24) is 24.3 Å². The first-order valence-electron chi connectivity index (χ1n) is 10.1. The maximum atomic E-state index is 14.0. The van der Waals surface area contributed by atoms with Crippen LogP contribution in [0.5, 0.6) is 0 Å². The molecule has 0 saturated carbocycles. The minimum Gasteiger partial charge on any atom is -0.336 e. The maximum absolute atomic E-state index is 14.0. The number of piperidine rings is 1. The first kappa shape index (κ1) is 21.8. The molecule has 0 bridgehead atoms. The molecule has 0 N–H and O–H groups in total. The van der Waals surface area contributed by atoms with Crippen molar-refractivity contribution in [3.63, 3.8) is 0 Å². The summed E-state index contributed by atoms with van der Waals surface area (Å²) in [6, 6.07) is 6.98.